The van der Waals surface area contributed by atoms with Gasteiger partial charge < -0.3 is 5.73 Å². The first-order valence-corrected chi connectivity index (χ1v) is 5.41. The molecule has 2 nitrogen and oxygen atoms in total. The SMILES string of the molecule is Cc1ccc(C(N)c2ccncc2)c(C)c1.Cl.Cl. The Kier molecular flexibility index (Phi) is 6.92. The fraction of sp³-hybridized carbons (Fsp3) is 0.214. The predicted octanol–water partition coefficient (Wildman–Crippen LogP) is 3.59. The Morgan fingerprint density at radius 1 is 1.00 bits per heavy atom. The molecule has 0 aliphatic carbocycles. The van der Waals surface area contributed by atoms with Crippen LogP contribution < -0.4 is 5.73 Å². The van der Waals surface area contributed by atoms with E-state index >= 15 is 0 Å². The van der Waals surface area contributed by atoms with Crippen LogP contribution in [0.4, 0.5) is 0 Å². The highest BCUT2D eigenvalue weighted by Gasteiger charge is 2.10. The summed E-state index contributed by atoms with van der Waals surface area (Å²) in [5.74, 6) is 0. The van der Waals surface area contributed by atoms with E-state index in [1.165, 1.54) is 16.7 Å². The second kappa shape index (κ2) is 7.37. The molecule has 0 amide bonds. The van der Waals surface area contributed by atoms with Crippen LogP contribution in [0.5, 0.6) is 0 Å². The molecule has 0 fully saturated rings. The zero-order chi connectivity index (χ0) is 11.5. The van der Waals surface area contributed by atoms with Gasteiger partial charge in [0.2, 0.25) is 0 Å². The molecule has 0 radical (unpaired) electrons. The van der Waals surface area contributed by atoms with Crippen molar-refractivity contribution in [1.29, 1.82) is 0 Å². The molecule has 1 atom stereocenters. The van der Waals surface area contributed by atoms with E-state index in [9.17, 15) is 0 Å². The van der Waals surface area contributed by atoms with E-state index in [0.29, 0.717) is 0 Å². The molecule has 2 aromatic rings. The standard InChI is InChI=1S/C14H16N2.2ClH/c1-10-3-4-13(11(2)9-10)14(15)12-5-7-16-8-6-12;;/h3-9,14H,15H2,1-2H3;2*1H. The lowest BCUT2D eigenvalue weighted by Gasteiger charge is -2.15. The van der Waals surface area contributed by atoms with Crippen molar-refractivity contribution < 1.29 is 0 Å². The molecule has 4 heteroatoms. The van der Waals surface area contributed by atoms with Crippen molar-refractivity contribution in [3.63, 3.8) is 0 Å². The zero-order valence-electron chi connectivity index (χ0n) is 10.5. The van der Waals surface area contributed by atoms with Crippen molar-refractivity contribution in [1.82, 2.24) is 4.98 Å². The van der Waals surface area contributed by atoms with Crippen LogP contribution in [0.3, 0.4) is 0 Å². The molecular formula is C14H18Cl2N2. The Morgan fingerprint density at radius 2 is 1.61 bits per heavy atom. The molecule has 1 aromatic carbocycles. The van der Waals surface area contributed by atoms with E-state index < -0.39 is 0 Å². The van der Waals surface area contributed by atoms with E-state index in [-0.39, 0.29) is 30.9 Å². The third kappa shape index (κ3) is 3.70. The van der Waals surface area contributed by atoms with Gasteiger partial charge in [-0.05, 0) is 42.7 Å². The van der Waals surface area contributed by atoms with Crippen molar-refractivity contribution in [2.75, 3.05) is 0 Å². The van der Waals surface area contributed by atoms with Crippen LogP contribution >= 0.6 is 24.8 Å². The third-order valence-corrected chi connectivity index (χ3v) is 2.83. The molecule has 1 heterocycles. The average Bonchev–Trinajstić information content (AvgIpc) is 2.29. The number of aryl methyl sites for hydroxylation is 2. The molecule has 0 aliphatic heterocycles. The van der Waals surface area contributed by atoms with Crippen molar-refractivity contribution >= 4 is 24.8 Å². The molecule has 1 unspecified atom stereocenters. The van der Waals surface area contributed by atoms with Crippen LogP contribution in [0.2, 0.25) is 0 Å². The van der Waals surface area contributed by atoms with Crippen molar-refractivity contribution in [3.8, 4) is 0 Å². The monoisotopic (exact) mass is 284 g/mol. The summed E-state index contributed by atoms with van der Waals surface area (Å²) >= 11 is 0. The van der Waals surface area contributed by atoms with Gasteiger partial charge in [0.15, 0.2) is 0 Å². The molecule has 0 spiro atoms. The van der Waals surface area contributed by atoms with E-state index in [4.69, 9.17) is 5.73 Å². The number of hydrogen-bond donors (Lipinski definition) is 1. The van der Waals surface area contributed by atoms with Gasteiger partial charge in [-0.15, -0.1) is 24.8 Å². The molecule has 1 aromatic heterocycles. The van der Waals surface area contributed by atoms with Gasteiger partial charge in [-0.2, -0.15) is 0 Å². The highest BCUT2D eigenvalue weighted by atomic mass is 35.5. The smallest absolute Gasteiger partial charge is 0.0555 e. The van der Waals surface area contributed by atoms with Gasteiger partial charge in [0.1, 0.15) is 0 Å². The number of rotatable bonds is 2. The lowest BCUT2D eigenvalue weighted by atomic mass is 9.95. The molecule has 0 bridgehead atoms. The molecule has 0 aliphatic rings. The van der Waals surface area contributed by atoms with E-state index in [2.05, 4.69) is 37.0 Å². The minimum Gasteiger partial charge on any atom is -0.320 e. The van der Waals surface area contributed by atoms with Gasteiger partial charge in [-0.1, -0.05) is 23.8 Å². The number of nitrogens with zero attached hydrogens (tertiary/aromatic N) is 1. The minimum atomic E-state index is -0.0661. The lowest BCUT2D eigenvalue weighted by Crippen LogP contribution is -2.13. The van der Waals surface area contributed by atoms with E-state index in [1.807, 2.05) is 12.1 Å². The first-order valence-electron chi connectivity index (χ1n) is 5.41. The van der Waals surface area contributed by atoms with Gasteiger partial charge in [0.05, 0.1) is 6.04 Å². The lowest BCUT2D eigenvalue weighted by molar-refractivity contribution is 0.857. The number of pyridine rings is 1. The second-order valence-electron chi connectivity index (χ2n) is 4.12. The van der Waals surface area contributed by atoms with Crippen molar-refractivity contribution in [2.24, 2.45) is 5.73 Å². The highest BCUT2D eigenvalue weighted by molar-refractivity contribution is 5.85. The molecule has 18 heavy (non-hydrogen) atoms. The summed E-state index contributed by atoms with van der Waals surface area (Å²) in [5.41, 5.74) is 11.0. The summed E-state index contributed by atoms with van der Waals surface area (Å²) in [4.78, 5) is 4.00. The number of nitrogens with two attached hydrogens (primary N) is 1. The first kappa shape index (κ1) is 16.9. The van der Waals surface area contributed by atoms with Crippen LogP contribution in [-0.4, -0.2) is 4.98 Å². The number of aromatic nitrogens is 1. The van der Waals surface area contributed by atoms with Gasteiger partial charge in [0, 0.05) is 12.4 Å². The summed E-state index contributed by atoms with van der Waals surface area (Å²) in [6.45, 7) is 4.19. The number of benzene rings is 1. The molecule has 0 saturated heterocycles. The first-order chi connectivity index (χ1) is 7.68. The molecule has 98 valence electrons. The van der Waals surface area contributed by atoms with E-state index in [0.717, 1.165) is 5.56 Å². The highest BCUT2D eigenvalue weighted by Crippen LogP contribution is 2.22. The summed E-state index contributed by atoms with van der Waals surface area (Å²) in [5, 5.41) is 0. The fourth-order valence-electron chi connectivity index (χ4n) is 1.92. The van der Waals surface area contributed by atoms with Crippen molar-refractivity contribution in [2.45, 2.75) is 19.9 Å². The Hall–Kier alpha value is -1.09. The maximum atomic E-state index is 6.24. The molecular weight excluding hydrogens is 267 g/mol. The second-order valence-corrected chi connectivity index (χ2v) is 4.12. The quantitative estimate of drug-likeness (QED) is 0.915. The summed E-state index contributed by atoms with van der Waals surface area (Å²) in [6.07, 6.45) is 3.55. The van der Waals surface area contributed by atoms with Crippen LogP contribution in [0.15, 0.2) is 42.7 Å². The van der Waals surface area contributed by atoms with Crippen LogP contribution in [0.1, 0.15) is 28.3 Å². The summed E-state index contributed by atoms with van der Waals surface area (Å²) in [6, 6.07) is 10.2. The maximum absolute atomic E-state index is 6.24. The fourth-order valence-corrected chi connectivity index (χ4v) is 1.92. The van der Waals surface area contributed by atoms with Crippen molar-refractivity contribution in [3.05, 3.63) is 65.0 Å². The van der Waals surface area contributed by atoms with Crippen LogP contribution in [-0.2, 0) is 0 Å². The maximum Gasteiger partial charge on any atom is 0.0555 e. The number of hydrogen-bond acceptors (Lipinski definition) is 2. The van der Waals surface area contributed by atoms with Gasteiger partial charge >= 0.3 is 0 Å². The third-order valence-electron chi connectivity index (χ3n) is 2.83. The summed E-state index contributed by atoms with van der Waals surface area (Å²) in [7, 11) is 0. The zero-order valence-corrected chi connectivity index (χ0v) is 12.1. The van der Waals surface area contributed by atoms with Gasteiger partial charge in [-0.3, -0.25) is 4.98 Å². The van der Waals surface area contributed by atoms with E-state index in [1.54, 1.807) is 12.4 Å². The Labute approximate surface area is 120 Å². The predicted molar refractivity (Wildman–Crippen MR) is 80.7 cm³/mol. The van der Waals surface area contributed by atoms with Crippen LogP contribution in [0.25, 0.3) is 0 Å². The Balaban J connectivity index is 0.00000144. The average molecular weight is 285 g/mol. The topological polar surface area (TPSA) is 38.9 Å². The summed E-state index contributed by atoms with van der Waals surface area (Å²) < 4.78 is 0. The molecule has 2 rings (SSSR count). The largest absolute Gasteiger partial charge is 0.320 e. The Morgan fingerprint density at radius 3 is 2.17 bits per heavy atom. The van der Waals surface area contributed by atoms with Gasteiger partial charge in [0.25, 0.3) is 0 Å². The molecule has 2 N–H and O–H groups in total. The van der Waals surface area contributed by atoms with Gasteiger partial charge in [-0.25, -0.2) is 0 Å². The molecule has 0 saturated carbocycles. The normalized spacial score (nSPS) is 11.1. The Bertz CT molecular complexity index is 486. The number of halogens is 2. The van der Waals surface area contributed by atoms with Crippen LogP contribution in [0, 0.1) is 13.8 Å². The minimum absolute atomic E-state index is 0.